The lowest BCUT2D eigenvalue weighted by molar-refractivity contribution is 0.0146. The first kappa shape index (κ1) is 11.5. The zero-order valence-corrected chi connectivity index (χ0v) is 10.1. The summed E-state index contributed by atoms with van der Waals surface area (Å²) < 4.78 is 6.07. The Morgan fingerprint density at radius 3 is 2.56 bits per heavy atom. The Kier molecular flexibility index (Phi) is 3.20. The van der Waals surface area contributed by atoms with Crippen LogP contribution in [0.1, 0.15) is 36.8 Å². The van der Waals surface area contributed by atoms with Crippen LogP contribution >= 0.6 is 0 Å². The summed E-state index contributed by atoms with van der Waals surface area (Å²) in [6.07, 6.45) is 4.25. The van der Waals surface area contributed by atoms with E-state index in [4.69, 9.17) is 4.74 Å². The third kappa shape index (κ3) is 2.22. The molecule has 1 aromatic rings. The van der Waals surface area contributed by atoms with Crippen LogP contribution in [0.25, 0.3) is 0 Å². The maximum atomic E-state index is 9.51. The molecule has 0 spiro atoms. The van der Waals surface area contributed by atoms with Gasteiger partial charge in [-0.15, -0.1) is 0 Å². The van der Waals surface area contributed by atoms with Crippen molar-refractivity contribution in [3.63, 3.8) is 0 Å². The maximum absolute atomic E-state index is 9.51. The van der Waals surface area contributed by atoms with Crippen LogP contribution in [0, 0.1) is 13.8 Å². The van der Waals surface area contributed by atoms with Gasteiger partial charge in [0, 0.05) is 0 Å². The highest BCUT2D eigenvalue weighted by molar-refractivity contribution is 5.36. The molecule has 1 saturated carbocycles. The highest BCUT2D eigenvalue weighted by atomic mass is 16.5. The third-order valence-electron chi connectivity index (χ3n) is 3.47. The first-order valence-electron chi connectivity index (χ1n) is 6.02. The second kappa shape index (κ2) is 4.46. The average Bonchev–Trinajstić information content (AvgIpc) is 2.73. The van der Waals surface area contributed by atoms with Gasteiger partial charge >= 0.3 is 0 Å². The van der Waals surface area contributed by atoms with Crippen LogP contribution in [0.5, 0.6) is 5.75 Å². The summed E-state index contributed by atoms with van der Waals surface area (Å²) in [5, 5.41) is 9.51. The Labute approximate surface area is 97.3 Å². The molecule has 0 amide bonds. The fraction of sp³-hybridized carbons (Fsp3) is 0.571. The number of aliphatic hydroxyl groups excluding tert-OH is 1. The topological polar surface area (TPSA) is 29.5 Å². The number of rotatable bonds is 3. The summed E-state index contributed by atoms with van der Waals surface area (Å²) in [5.74, 6) is 0.927. The number of aryl methyl sites for hydroxylation is 2. The van der Waals surface area contributed by atoms with Gasteiger partial charge < -0.3 is 9.84 Å². The molecule has 88 valence electrons. The fourth-order valence-corrected chi connectivity index (χ4v) is 2.36. The monoisotopic (exact) mass is 220 g/mol. The van der Waals surface area contributed by atoms with Crippen molar-refractivity contribution in [3.05, 3.63) is 29.3 Å². The van der Waals surface area contributed by atoms with Crippen molar-refractivity contribution < 1.29 is 9.84 Å². The van der Waals surface area contributed by atoms with Crippen LogP contribution < -0.4 is 4.74 Å². The standard InChI is InChI=1S/C14H20O2/c1-11-5-6-12(2)13(9-11)16-14(10-15)7-3-4-8-14/h5-6,9,15H,3-4,7-8,10H2,1-2H3. The Hall–Kier alpha value is -1.02. The number of hydrogen-bond donors (Lipinski definition) is 1. The third-order valence-corrected chi connectivity index (χ3v) is 3.47. The predicted molar refractivity (Wildman–Crippen MR) is 64.8 cm³/mol. The lowest BCUT2D eigenvalue weighted by atomic mass is 10.0. The molecule has 0 heterocycles. The molecule has 1 aliphatic carbocycles. The van der Waals surface area contributed by atoms with Gasteiger partial charge in [0.1, 0.15) is 11.4 Å². The maximum Gasteiger partial charge on any atom is 0.132 e. The number of hydrogen-bond acceptors (Lipinski definition) is 2. The average molecular weight is 220 g/mol. The van der Waals surface area contributed by atoms with Crippen LogP contribution in [0.3, 0.4) is 0 Å². The Morgan fingerprint density at radius 1 is 1.25 bits per heavy atom. The fourth-order valence-electron chi connectivity index (χ4n) is 2.36. The van der Waals surface area contributed by atoms with Gasteiger partial charge in [0.25, 0.3) is 0 Å². The molecule has 0 unspecified atom stereocenters. The van der Waals surface area contributed by atoms with E-state index in [1.54, 1.807) is 0 Å². The highest BCUT2D eigenvalue weighted by Crippen LogP contribution is 2.35. The molecule has 0 bridgehead atoms. The van der Waals surface area contributed by atoms with Gasteiger partial charge in [-0.05, 0) is 56.7 Å². The van der Waals surface area contributed by atoms with Gasteiger partial charge in [-0.3, -0.25) is 0 Å². The highest BCUT2D eigenvalue weighted by Gasteiger charge is 2.35. The molecule has 16 heavy (non-hydrogen) atoms. The smallest absolute Gasteiger partial charge is 0.132 e. The van der Waals surface area contributed by atoms with Crippen LogP contribution in [0.4, 0.5) is 0 Å². The van der Waals surface area contributed by atoms with E-state index in [1.807, 2.05) is 0 Å². The minimum absolute atomic E-state index is 0.125. The Bertz CT molecular complexity index is 365. The molecule has 2 nitrogen and oxygen atoms in total. The van der Waals surface area contributed by atoms with Gasteiger partial charge in [0.15, 0.2) is 0 Å². The van der Waals surface area contributed by atoms with Crippen molar-refractivity contribution in [3.8, 4) is 5.75 Å². The molecule has 0 atom stereocenters. The minimum atomic E-state index is -0.321. The first-order chi connectivity index (χ1) is 7.65. The zero-order chi connectivity index (χ0) is 11.6. The van der Waals surface area contributed by atoms with Gasteiger partial charge in [0.05, 0.1) is 6.61 Å². The van der Waals surface area contributed by atoms with Crippen molar-refractivity contribution in [2.75, 3.05) is 6.61 Å². The summed E-state index contributed by atoms with van der Waals surface area (Å²) in [6.45, 7) is 4.24. The summed E-state index contributed by atoms with van der Waals surface area (Å²) in [5.41, 5.74) is 2.02. The number of aliphatic hydroxyl groups is 1. The molecule has 1 aromatic carbocycles. The van der Waals surface area contributed by atoms with E-state index in [2.05, 4.69) is 32.0 Å². The molecule has 0 aromatic heterocycles. The van der Waals surface area contributed by atoms with Crippen molar-refractivity contribution in [1.82, 2.24) is 0 Å². The molecular weight excluding hydrogens is 200 g/mol. The molecule has 0 aliphatic heterocycles. The normalized spacial score (nSPS) is 18.7. The molecular formula is C14H20O2. The van der Waals surface area contributed by atoms with E-state index in [1.165, 1.54) is 5.56 Å². The van der Waals surface area contributed by atoms with E-state index in [0.717, 1.165) is 37.0 Å². The zero-order valence-electron chi connectivity index (χ0n) is 10.1. The molecule has 1 aliphatic rings. The van der Waals surface area contributed by atoms with Crippen LogP contribution in [-0.2, 0) is 0 Å². The largest absolute Gasteiger partial charge is 0.485 e. The summed E-state index contributed by atoms with van der Waals surface area (Å²) in [6, 6.07) is 6.22. The van der Waals surface area contributed by atoms with Crippen LogP contribution in [0.2, 0.25) is 0 Å². The lowest BCUT2D eigenvalue weighted by Gasteiger charge is -2.29. The molecule has 0 radical (unpaired) electrons. The molecule has 0 saturated heterocycles. The Balaban J connectivity index is 2.21. The van der Waals surface area contributed by atoms with E-state index in [-0.39, 0.29) is 12.2 Å². The van der Waals surface area contributed by atoms with Gasteiger partial charge in [-0.25, -0.2) is 0 Å². The van der Waals surface area contributed by atoms with Gasteiger partial charge in [0.2, 0.25) is 0 Å². The minimum Gasteiger partial charge on any atom is -0.485 e. The first-order valence-corrected chi connectivity index (χ1v) is 6.02. The van der Waals surface area contributed by atoms with Gasteiger partial charge in [-0.2, -0.15) is 0 Å². The molecule has 1 N–H and O–H groups in total. The number of benzene rings is 1. The second-order valence-corrected chi connectivity index (χ2v) is 4.92. The van der Waals surface area contributed by atoms with Gasteiger partial charge in [-0.1, -0.05) is 12.1 Å². The van der Waals surface area contributed by atoms with Crippen LogP contribution in [0.15, 0.2) is 18.2 Å². The summed E-state index contributed by atoms with van der Waals surface area (Å²) in [7, 11) is 0. The SMILES string of the molecule is Cc1ccc(C)c(OC2(CO)CCCC2)c1. The van der Waals surface area contributed by atoms with E-state index >= 15 is 0 Å². The summed E-state index contributed by atoms with van der Waals surface area (Å²) in [4.78, 5) is 0. The number of ether oxygens (including phenoxy) is 1. The van der Waals surface area contributed by atoms with Crippen molar-refractivity contribution in [2.24, 2.45) is 0 Å². The van der Waals surface area contributed by atoms with Crippen molar-refractivity contribution >= 4 is 0 Å². The van der Waals surface area contributed by atoms with E-state index < -0.39 is 0 Å². The van der Waals surface area contributed by atoms with Crippen molar-refractivity contribution in [2.45, 2.75) is 45.1 Å². The second-order valence-electron chi connectivity index (χ2n) is 4.92. The predicted octanol–water partition coefficient (Wildman–Crippen LogP) is 2.99. The van der Waals surface area contributed by atoms with E-state index in [0.29, 0.717) is 0 Å². The lowest BCUT2D eigenvalue weighted by Crippen LogP contribution is -2.37. The Morgan fingerprint density at radius 2 is 1.94 bits per heavy atom. The molecule has 1 fully saturated rings. The van der Waals surface area contributed by atoms with E-state index in [9.17, 15) is 5.11 Å². The van der Waals surface area contributed by atoms with Crippen molar-refractivity contribution in [1.29, 1.82) is 0 Å². The quantitative estimate of drug-likeness (QED) is 0.848. The van der Waals surface area contributed by atoms with Crippen LogP contribution in [-0.4, -0.2) is 17.3 Å². The summed E-state index contributed by atoms with van der Waals surface area (Å²) >= 11 is 0. The molecule has 2 heteroatoms. The molecule has 2 rings (SSSR count).